The van der Waals surface area contributed by atoms with Gasteiger partial charge in [-0.25, -0.2) is 0 Å². The van der Waals surface area contributed by atoms with Gasteiger partial charge in [0.05, 0.1) is 11.1 Å². The largest absolute Gasteiger partial charge is 0.488 e. The number of para-hydroxylation sites is 1. The van der Waals surface area contributed by atoms with E-state index in [2.05, 4.69) is 0 Å². The first-order valence-electron chi connectivity index (χ1n) is 5.03. The second-order valence-electron chi connectivity index (χ2n) is 3.31. The Morgan fingerprint density at radius 2 is 2.19 bits per heavy atom. The van der Waals surface area contributed by atoms with E-state index < -0.39 is 6.10 Å². The third kappa shape index (κ3) is 3.71. The number of aliphatic hydroxyl groups excluding tert-OH is 1. The first-order chi connectivity index (χ1) is 7.69. The smallest absolute Gasteiger partial charge is 0.125 e. The molecule has 1 rings (SSSR count). The number of hydrogen-bond acceptors (Lipinski definition) is 2. The van der Waals surface area contributed by atoms with E-state index in [0.717, 1.165) is 5.56 Å². The van der Waals surface area contributed by atoms with Crippen molar-refractivity contribution in [2.45, 2.75) is 19.4 Å². The Hall–Kier alpha value is -0.700. The van der Waals surface area contributed by atoms with Crippen LogP contribution in [-0.4, -0.2) is 11.7 Å². The lowest BCUT2D eigenvalue weighted by molar-refractivity contribution is 0.168. The molecule has 0 saturated carbocycles. The Kier molecular flexibility index (Phi) is 5.67. The van der Waals surface area contributed by atoms with Gasteiger partial charge in [0, 0.05) is 11.1 Å². The minimum absolute atomic E-state index is 0.207. The number of rotatable bonds is 5. The third-order valence-corrected chi connectivity index (χ3v) is 2.74. The molecule has 16 heavy (non-hydrogen) atoms. The van der Waals surface area contributed by atoms with Crippen molar-refractivity contribution in [1.29, 1.82) is 0 Å². The highest BCUT2D eigenvalue weighted by molar-refractivity contribution is 6.36. The van der Waals surface area contributed by atoms with Crippen molar-refractivity contribution in [3.63, 3.8) is 0 Å². The molecule has 0 saturated heterocycles. The van der Waals surface area contributed by atoms with Crippen molar-refractivity contribution >= 4 is 23.2 Å². The molecule has 88 valence electrons. The molecular formula is C12H14Cl2O2. The Balaban J connectivity index is 2.79. The van der Waals surface area contributed by atoms with Gasteiger partial charge in [0.2, 0.25) is 0 Å². The Morgan fingerprint density at radius 3 is 2.81 bits per heavy atom. The van der Waals surface area contributed by atoms with Crippen LogP contribution in [0.4, 0.5) is 0 Å². The summed E-state index contributed by atoms with van der Waals surface area (Å²) in [5.74, 6) is 0.633. The number of halogens is 2. The van der Waals surface area contributed by atoms with Crippen molar-refractivity contribution in [3.8, 4) is 5.75 Å². The van der Waals surface area contributed by atoms with Crippen LogP contribution in [0.2, 0.25) is 0 Å². The van der Waals surface area contributed by atoms with E-state index in [4.69, 9.17) is 27.9 Å². The van der Waals surface area contributed by atoms with E-state index in [1.807, 2.05) is 25.1 Å². The standard InChI is InChI=1S/C12H14Cl2O2/c1-2-11(15)10-5-3-4-6-12(10)16-8-9(14)7-13/h3-7,11,15H,2,8H2,1H3. The SMILES string of the molecule is CCC(O)c1ccccc1OCC(Cl)=CCl. The van der Waals surface area contributed by atoms with Crippen LogP contribution in [0.5, 0.6) is 5.75 Å². The van der Waals surface area contributed by atoms with Gasteiger partial charge < -0.3 is 9.84 Å². The summed E-state index contributed by atoms with van der Waals surface area (Å²) >= 11 is 11.1. The molecule has 0 aliphatic rings. The maximum Gasteiger partial charge on any atom is 0.125 e. The Morgan fingerprint density at radius 1 is 1.50 bits per heavy atom. The zero-order valence-corrected chi connectivity index (χ0v) is 10.5. The van der Waals surface area contributed by atoms with E-state index in [1.54, 1.807) is 6.07 Å². The lowest BCUT2D eigenvalue weighted by Gasteiger charge is -2.14. The van der Waals surface area contributed by atoms with Gasteiger partial charge in [0.1, 0.15) is 12.4 Å². The van der Waals surface area contributed by atoms with Crippen molar-refractivity contribution in [2.75, 3.05) is 6.61 Å². The second kappa shape index (κ2) is 6.79. The highest BCUT2D eigenvalue weighted by Crippen LogP contribution is 2.27. The van der Waals surface area contributed by atoms with Crippen LogP contribution in [-0.2, 0) is 0 Å². The van der Waals surface area contributed by atoms with Crippen LogP contribution >= 0.6 is 23.2 Å². The quantitative estimate of drug-likeness (QED) is 0.872. The average molecular weight is 261 g/mol. The molecule has 1 unspecified atom stereocenters. The summed E-state index contributed by atoms with van der Waals surface area (Å²) in [5.41, 5.74) is 2.03. The molecule has 0 aliphatic heterocycles. The van der Waals surface area contributed by atoms with Gasteiger partial charge in [-0.05, 0) is 12.5 Å². The molecule has 0 heterocycles. The summed E-state index contributed by atoms with van der Waals surface area (Å²) in [7, 11) is 0. The molecule has 0 spiro atoms. The maximum absolute atomic E-state index is 9.78. The highest BCUT2D eigenvalue weighted by atomic mass is 35.5. The summed E-state index contributed by atoms with van der Waals surface area (Å²) in [6.07, 6.45) is 0.120. The van der Waals surface area contributed by atoms with Crippen LogP contribution < -0.4 is 4.74 Å². The molecule has 4 heteroatoms. The van der Waals surface area contributed by atoms with Gasteiger partial charge in [0.15, 0.2) is 0 Å². The Labute approximate surface area is 105 Å². The van der Waals surface area contributed by atoms with Gasteiger partial charge in [-0.1, -0.05) is 48.3 Å². The summed E-state index contributed by atoms with van der Waals surface area (Å²) in [6, 6.07) is 7.34. The molecule has 0 radical (unpaired) electrons. The minimum atomic E-state index is -0.519. The van der Waals surface area contributed by atoms with Crippen LogP contribution in [0.3, 0.4) is 0 Å². The van der Waals surface area contributed by atoms with Crippen molar-refractivity contribution in [1.82, 2.24) is 0 Å². The predicted molar refractivity (Wildman–Crippen MR) is 67.0 cm³/mol. The molecule has 0 aliphatic carbocycles. The average Bonchev–Trinajstić information content (AvgIpc) is 2.35. The van der Waals surface area contributed by atoms with E-state index >= 15 is 0 Å². The van der Waals surface area contributed by atoms with Crippen molar-refractivity contribution in [3.05, 3.63) is 40.4 Å². The first kappa shape index (κ1) is 13.4. The fourth-order valence-corrected chi connectivity index (χ4v) is 1.40. The van der Waals surface area contributed by atoms with Crippen LogP contribution in [0.25, 0.3) is 0 Å². The molecule has 2 nitrogen and oxygen atoms in total. The Bertz CT molecular complexity index is 364. The van der Waals surface area contributed by atoms with Gasteiger partial charge in [0.25, 0.3) is 0 Å². The number of hydrogen-bond donors (Lipinski definition) is 1. The third-order valence-electron chi connectivity index (χ3n) is 2.15. The highest BCUT2D eigenvalue weighted by Gasteiger charge is 2.10. The summed E-state index contributed by atoms with van der Waals surface area (Å²) in [4.78, 5) is 0. The van der Waals surface area contributed by atoms with E-state index in [0.29, 0.717) is 17.2 Å². The maximum atomic E-state index is 9.78. The molecular weight excluding hydrogens is 247 g/mol. The lowest BCUT2D eigenvalue weighted by Crippen LogP contribution is -2.03. The van der Waals surface area contributed by atoms with Gasteiger partial charge in [-0.3, -0.25) is 0 Å². The van der Waals surface area contributed by atoms with E-state index in [9.17, 15) is 5.11 Å². The molecule has 0 aromatic heterocycles. The molecule has 1 atom stereocenters. The van der Waals surface area contributed by atoms with Crippen LogP contribution in [0.15, 0.2) is 34.8 Å². The van der Waals surface area contributed by atoms with E-state index in [1.165, 1.54) is 5.54 Å². The van der Waals surface area contributed by atoms with Crippen molar-refractivity contribution in [2.24, 2.45) is 0 Å². The molecule has 0 fully saturated rings. The topological polar surface area (TPSA) is 29.5 Å². The van der Waals surface area contributed by atoms with Gasteiger partial charge >= 0.3 is 0 Å². The number of aliphatic hydroxyl groups is 1. The molecule has 0 amide bonds. The number of ether oxygens (including phenoxy) is 1. The zero-order valence-electron chi connectivity index (χ0n) is 8.99. The normalized spacial score (nSPS) is 13.6. The van der Waals surface area contributed by atoms with Gasteiger partial charge in [-0.15, -0.1) is 0 Å². The molecule has 1 aromatic carbocycles. The molecule has 1 aromatic rings. The predicted octanol–water partition coefficient (Wildman–Crippen LogP) is 3.83. The lowest BCUT2D eigenvalue weighted by atomic mass is 10.1. The van der Waals surface area contributed by atoms with E-state index in [-0.39, 0.29) is 6.61 Å². The van der Waals surface area contributed by atoms with Gasteiger partial charge in [-0.2, -0.15) is 0 Å². The molecule has 0 bridgehead atoms. The molecule has 1 N–H and O–H groups in total. The van der Waals surface area contributed by atoms with Crippen LogP contribution in [0.1, 0.15) is 25.0 Å². The minimum Gasteiger partial charge on any atom is -0.488 e. The summed E-state index contributed by atoms with van der Waals surface area (Å²) < 4.78 is 5.47. The first-order valence-corrected chi connectivity index (χ1v) is 5.85. The zero-order chi connectivity index (χ0) is 12.0. The number of benzene rings is 1. The fourth-order valence-electron chi connectivity index (χ4n) is 1.29. The summed E-state index contributed by atoms with van der Waals surface area (Å²) in [6.45, 7) is 2.12. The monoisotopic (exact) mass is 260 g/mol. The fraction of sp³-hybridized carbons (Fsp3) is 0.333. The van der Waals surface area contributed by atoms with Crippen molar-refractivity contribution < 1.29 is 9.84 Å². The summed E-state index contributed by atoms with van der Waals surface area (Å²) in [5, 5.41) is 10.2. The second-order valence-corrected chi connectivity index (χ2v) is 4.01. The van der Waals surface area contributed by atoms with Crippen LogP contribution in [0, 0.1) is 0 Å².